The first-order valence-corrected chi connectivity index (χ1v) is 14.6. The summed E-state index contributed by atoms with van der Waals surface area (Å²) in [5, 5.41) is 15.3. The predicted octanol–water partition coefficient (Wildman–Crippen LogP) is 6.02. The smallest absolute Gasteiger partial charge is 0.266 e. The zero-order valence-corrected chi connectivity index (χ0v) is 25.2. The number of nitrogens with zero attached hydrogens (tertiary/aromatic N) is 5. The molecule has 1 saturated carbocycles. The molecule has 0 spiro atoms. The minimum atomic E-state index is -0.676. The van der Waals surface area contributed by atoms with Crippen LogP contribution in [0.5, 0.6) is 0 Å². The highest BCUT2D eigenvalue weighted by Gasteiger charge is 2.34. The van der Waals surface area contributed by atoms with Crippen LogP contribution in [0.15, 0.2) is 51.1 Å². The van der Waals surface area contributed by atoms with Gasteiger partial charge in [0.25, 0.3) is 5.91 Å². The first kappa shape index (κ1) is 30.0. The fourth-order valence-corrected chi connectivity index (χ4v) is 5.05. The van der Waals surface area contributed by atoms with Gasteiger partial charge in [-0.25, -0.2) is 13.8 Å². The van der Waals surface area contributed by atoms with Gasteiger partial charge in [-0.1, -0.05) is 12.5 Å². The number of benzene rings is 1. The summed E-state index contributed by atoms with van der Waals surface area (Å²) in [5.41, 5.74) is 9.95. The zero-order valence-electron chi connectivity index (χ0n) is 24.4. The van der Waals surface area contributed by atoms with Crippen molar-refractivity contribution in [3.63, 3.8) is 0 Å². The molecule has 218 valence electrons. The molecule has 0 aliphatic heterocycles. The van der Waals surface area contributed by atoms with Crippen LogP contribution in [0.2, 0.25) is 0 Å². The van der Waals surface area contributed by atoms with Crippen molar-refractivity contribution in [1.29, 1.82) is 0 Å². The number of nitrogens with two attached hydrogens (primary N) is 1. The molecule has 1 fully saturated rings. The van der Waals surface area contributed by atoms with Crippen molar-refractivity contribution in [3.8, 4) is 0 Å². The maximum Gasteiger partial charge on any atom is 0.266 e. The summed E-state index contributed by atoms with van der Waals surface area (Å²) in [5.74, 6) is -0.378. The van der Waals surface area contributed by atoms with E-state index < -0.39 is 17.5 Å². The van der Waals surface area contributed by atoms with E-state index >= 15 is 8.78 Å². The van der Waals surface area contributed by atoms with Gasteiger partial charge in [0.05, 0.1) is 5.69 Å². The molecular weight excluding hydrogens is 546 g/mol. The van der Waals surface area contributed by atoms with Crippen molar-refractivity contribution in [2.24, 2.45) is 23.7 Å². The molecule has 9 nitrogen and oxygen atoms in total. The molecule has 1 aliphatic rings. The molecular formula is C29H36F2N8OS. The molecule has 41 heavy (non-hydrogen) atoms. The van der Waals surface area contributed by atoms with Gasteiger partial charge in [-0.3, -0.25) is 14.6 Å². The van der Waals surface area contributed by atoms with Gasteiger partial charge in [0.1, 0.15) is 23.0 Å². The molecule has 4 N–H and O–H groups in total. The second-order valence-electron chi connectivity index (χ2n) is 10.2. The van der Waals surface area contributed by atoms with Crippen LogP contribution >= 0.6 is 11.8 Å². The Labute approximate surface area is 243 Å². The van der Waals surface area contributed by atoms with E-state index in [0.29, 0.717) is 28.1 Å². The van der Waals surface area contributed by atoms with Crippen LogP contribution in [0.25, 0.3) is 5.57 Å². The summed E-state index contributed by atoms with van der Waals surface area (Å²) in [6.07, 6.45) is 4.35. The number of rotatable bonds is 10. The number of aryl methyl sites for hydroxylation is 2. The number of aromatic amines is 1. The standard InChI is InChI=1S/C29H36F2N8OS/c1-8-15(2)25(22-14-23(28(32)40)39(6)37-22)26(18-9-10-18)29(34-24-11-16(3)35-36-24)33-17(4)38(5)27-20(30)12-19(41-7)13-21(27)31/h11-14,18H,8-10H2,1-7H3,(H2,32,40)(H2,34,35,36)/b25-15+,29-26+,33-17+. The van der Waals surface area contributed by atoms with Crippen LogP contribution in [-0.2, 0) is 7.05 Å². The lowest BCUT2D eigenvalue weighted by atomic mass is 9.92. The Kier molecular flexibility index (Phi) is 9.01. The van der Waals surface area contributed by atoms with Crippen molar-refractivity contribution in [2.45, 2.75) is 51.9 Å². The number of hydrogen-bond acceptors (Lipinski definition) is 6. The Bertz CT molecular complexity index is 1540. The molecule has 3 aromatic rings. The number of hydrogen-bond donors (Lipinski definition) is 3. The third-order valence-electron chi connectivity index (χ3n) is 7.13. The summed E-state index contributed by atoms with van der Waals surface area (Å²) in [6.45, 7) is 7.66. The summed E-state index contributed by atoms with van der Waals surface area (Å²) >= 11 is 1.27. The van der Waals surface area contributed by atoms with Crippen molar-refractivity contribution < 1.29 is 13.6 Å². The number of primary amides is 1. The van der Waals surface area contributed by atoms with Crippen molar-refractivity contribution in [2.75, 3.05) is 23.5 Å². The van der Waals surface area contributed by atoms with Crippen LogP contribution in [0.1, 0.15) is 61.9 Å². The molecule has 0 radical (unpaired) electrons. The molecule has 1 aromatic carbocycles. The van der Waals surface area contributed by atoms with Crippen LogP contribution in [0.3, 0.4) is 0 Å². The molecule has 2 aromatic heterocycles. The molecule has 0 bridgehead atoms. The van der Waals surface area contributed by atoms with Gasteiger partial charge >= 0.3 is 0 Å². The van der Waals surface area contributed by atoms with Gasteiger partial charge in [0.2, 0.25) is 0 Å². The van der Waals surface area contributed by atoms with Crippen LogP contribution < -0.4 is 16.0 Å². The molecule has 0 saturated heterocycles. The average Bonchev–Trinajstić information content (AvgIpc) is 3.56. The molecule has 0 atom stereocenters. The number of allylic oxidation sites excluding steroid dienone is 3. The maximum atomic E-state index is 15.1. The van der Waals surface area contributed by atoms with E-state index in [0.717, 1.165) is 41.7 Å². The average molecular weight is 583 g/mol. The van der Waals surface area contributed by atoms with Gasteiger partial charge in [-0.15, -0.1) is 11.8 Å². The number of H-pyrrole nitrogens is 1. The van der Waals surface area contributed by atoms with Crippen LogP contribution in [0, 0.1) is 24.5 Å². The van der Waals surface area contributed by atoms with Crippen molar-refractivity contribution in [3.05, 3.63) is 69.9 Å². The van der Waals surface area contributed by atoms with E-state index in [1.54, 1.807) is 33.3 Å². The Morgan fingerprint density at radius 3 is 2.39 bits per heavy atom. The lowest BCUT2D eigenvalue weighted by Crippen LogP contribution is -2.26. The topological polar surface area (TPSA) is 117 Å². The monoisotopic (exact) mass is 582 g/mol. The number of aliphatic imine (C=N–C) groups is 1. The summed E-state index contributed by atoms with van der Waals surface area (Å²) in [7, 11) is 3.26. The molecule has 2 heterocycles. The van der Waals surface area contributed by atoms with Gasteiger partial charge in [0, 0.05) is 41.9 Å². The van der Waals surface area contributed by atoms with Crippen LogP contribution in [0.4, 0.5) is 20.3 Å². The lowest BCUT2D eigenvalue weighted by Gasteiger charge is -2.23. The second-order valence-corrected chi connectivity index (χ2v) is 11.0. The Morgan fingerprint density at radius 2 is 1.90 bits per heavy atom. The lowest BCUT2D eigenvalue weighted by molar-refractivity contribution is 0.0991. The van der Waals surface area contributed by atoms with Gasteiger partial charge in [-0.2, -0.15) is 10.2 Å². The van der Waals surface area contributed by atoms with E-state index in [2.05, 4.69) is 20.6 Å². The minimum Gasteiger partial charge on any atom is -0.364 e. The highest BCUT2D eigenvalue weighted by Crippen LogP contribution is 2.46. The largest absolute Gasteiger partial charge is 0.364 e. The molecule has 1 amide bonds. The first-order valence-electron chi connectivity index (χ1n) is 13.3. The molecule has 12 heteroatoms. The summed E-state index contributed by atoms with van der Waals surface area (Å²) < 4.78 is 31.6. The second kappa shape index (κ2) is 12.3. The highest BCUT2D eigenvalue weighted by molar-refractivity contribution is 7.98. The number of nitrogens with one attached hydrogen (secondary N) is 2. The molecule has 1 aliphatic carbocycles. The number of carbonyl (C=O) groups is 1. The highest BCUT2D eigenvalue weighted by atomic mass is 32.2. The fraction of sp³-hybridized carbons (Fsp3) is 0.379. The Hall–Kier alpha value is -3.93. The number of aromatic nitrogens is 4. The van der Waals surface area contributed by atoms with E-state index in [9.17, 15) is 4.79 Å². The maximum absolute atomic E-state index is 15.1. The van der Waals surface area contributed by atoms with E-state index in [-0.39, 0.29) is 17.3 Å². The van der Waals surface area contributed by atoms with Crippen molar-refractivity contribution >= 4 is 40.6 Å². The number of carbonyl (C=O) groups excluding carboxylic acids is 1. The van der Waals surface area contributed by atoms with Gasteiger partial charge in [0.15, 0.2) is 17.5 Å². The number of amidine groups is 1. The quantitative estimate of drug-likeness (QED) is 0.116. The normalized spacial score (nSPS) is 15.0. The third kappa shape index (κ3) is 6.53. The van der Waals surface area contributed by atoms with E-state index in [1.165, 1.54) is 33.5 Å². The molecule has 0 unspecified atom stereocenters. The summed E-state index contributed by atoms with van der Waals surface area (Å²) in [6, 6.07) is 6.16. The summed E-state index contributed by atoms with van der Waals surface area (Å²) in [4.78, 5) is 18.9. The first-order chi connectivity index (χ1) is 19.4. The SMILES string of the molecule is CC/C(C)=C(/C(=C(\N=C(/C)N(C)c1c(F)cc(SC)cc1F)Nc1cc(C)[nH]n1)C1CC1)c1cc(C(N)=O)n(C)n1. The fourth-order valence-electron chi connectivity index (χ4n) is 4.61. The number of thioether (sulfide) groups is 1. The Balaban J connectivity index is 1.93. The van der Waals surface area contributed by atoms with Crippen LogP contribution in [-0.4, -0.2) is 45.0 Å². The molecule has 4 rings (SSSR count). The predicted molar refractivity (Wildman–Crippen MR) is 161 cm³/mol. The van der Waals surface area contributed by atoms with Gasteiger partial charge < -0.3 is 16.0 Å². The van der Waals surface area contributed by atoms with Crippen molar-refractivity contribution in [1.82, 2.24) is 20.0 Å². The number of anilines is 2. The number of amides is 1. The van der Waals surface area contributed by atoms with E-state index in [4.69, 9.17) is 10.7 Å². The third-order valence-corrected chi connectivity index (χ3v) is 7.84. The van der Waals surface area contributed by atoms with Gasteiger partial charge in [-0.05, 0) is 70.4 Å². The number of halogens is 2. The minimum absolute atomic E-state index is 0.157. The zero-order chi connectivity index (χ0) is 30.0. The van der Waals surface area contributed by atoms with E-state index in [1.807, 2.05) is 26.8 Å². The Morgan fingerprint density at radius 1 is 1.24 bits per heavy atom.